The number of aryl methyl sites for hydroxylation is 1. The van der Waals surface area contributed by atoms with E-state index in [1.165, 1.54) is 10.5 Å². The van der Waals surface area contributed by atoms with Crippen molar-refractivity contribution in [2.24, 2.45) is 5.16 Å². The van der Waals surface area contributed by atoms with Crippen LogP contribution in [0.2, 0.25) is 0 Å². The van der Waals surface area contributed by atoms with Crippen LogP contribution < -0.4 is 0 Å². The maximum Gasteiger partial charge on any atom is 0.335 e. The highest BCUT2D eigenvalue weighted by molar-refractivity contribution is 7.99. The Morgan fingerprint density at radius 2 is 1.93 bits per heavy atom. The van der Waals surface area contributed by atoms with Gasteiger partial charge in [0.15, 0.2) is 0 Å². The summed E-state index contributed by atoms with van der Waals surface area (Å²) < 4.78 is 0. The third-order valence-corrected chi connectivity index (χ3v) is 6.11. The minimum absolute atomic E-state index is 0.101. The maximum atomic E-state index is 11.1. The van der Waals surface area contributed by atoms with Crippen molar-refractivity contribution in [3.63, 3.8) is 0 Å². The Morgan fingerprint density at radius 1 is 1.19 bits per heavy atom. The molecule has 1 aliphatic rings. The largest absolute Gasteiger partial charge is 0.478 e. The normalized spacial score (nSPS) is 16.3. The number of carbonyl (C=O) groups is 1. The Kier molecular flexibility index (Phi) is 5.42. The van der Waals surface area contributed by atoms with Gasteiger partial charge in [0.05, 0.1) is 5.56 Å². The topological polar surface area (TPSA) is 69.9 Å². The van der Waals surface area contributed by atoms with Crippen molar-refractivity contribution in [1.29, 1.82) is 0 Å². The molecule has 0 aromatic heterocycles. The van der Waals surface area contributed by atoms with E-state index in [2.05, 4.69) is 31.1 Å². The standard InChI is InChI=1S/C22H23NO3S/c1-14-12-17(21(24)25)5-4-15(14)6-8-19(23-26)16-7-9-20-18(13-16)22(2,3)10-11-27-20/h4-9,12-13,26H,10-11H2,1-3H3,(H,24,25)/b8-6+,23-19-. The average molecular weight is 381 g/mol. The molecule has 2 aromatic carbocycles. The van der Waals surface area contributed by atoms with Crippen LogP contribution in [-0.4, -0.2) is 27.7 Å². The number of nitrogens with zero attached hydrogens (tertiary/aromatic N) is 1. The number of aromatic carboxylic acids is 1. The number of hydrogen-bond acceptors (Lipinski definition) is 4. The molecule has 0 aliphatic carbocycles. The molecule has 0 radical (unpaired) electrons. The zero-order chi connectivity index (χ0) is 19.6. The van der Waals surface area contributed by atoms with Crippen molar-refractivity contribution >= 4 is 29.5 Å². The molecule has 0 fully saturated rings. The van der Waals surface area contributed by atoms with Crippen LogP contribution in [-0.2, 0) is 5.41 Å². The van der Waals surface area contributed by atoms with Gasteiger partial charge in [-0.3, -0.25) is 0 Å². The number of hydrogen-bond donors (Lipinski definition) is 2. The average Bonchev–Trinajstić information content (AvgIpc) is 2.63. The smallest absolute Gasteiger partial charge is 0.335 e. The second kappa shape index (κ2) is 7.61. The van der Waals surface area contributed by atoms with Crippen molar-refractivity contribution < 1.29 is 15.1 Å². The quantitative estimate of drug-likeness (QED) is 0.425. The molecule has 0 bridgehead atoms. The van der Waals surface area contributed by atoms with Gasteiger partial charge in [0.25, 0.3) is 0 Å². The van der Waals surface area contributed by atoms with Gasteiger partial charge in [0.1, 0.15) is 5.71 Å². The lowest BCUT2D eigenvalue weighted by Gasteiger charge is -2.32. The van der Waals surface area contributed by atoms with Crippen LogP contribution in [0.3, 0.4) is 0 Å². The Hall–Kier alpha value is -2.53. The van der Waals surface area contributed by atoms with Gasteiger partial charge in [0, 0.05) is 10.5 Å². The molecule has 5 heteroatoms. The summed E-state index contributed by atoms with van der Waals surface area (Å²) in [4.78, 5) is 12.3. The number of rotatable bonds is 4. The molecule has 2 aromatic rings. The first-order valence-electron chi connectivity index (χ1n) is 8.83. The summed E-state index contributed by atoms with van der Waals surface area (Å²) in [5, 5.41) is 22.1. The third-order valence-electron chi connectivity index (χ3n) is 5.03. The number of thioether (sulfide) groups is 1. The van der Waals surface area contributed by atoms with Crippen molar-refractivity contribution in [1.82, 2.24) is 0 Å². The van der Waals surface area contributed by atoms with E-state index in [4.69, 9.17) is 5.11 Å². The predicted octanol–water partition coefficient (Wildman–Crippen LogP) is 5.36. The highest BCUT2D eigenvalue weighted by atomic mass is 32.2. The Balaban J connectivity index is 1.91. The first-order chi connectivity index (χ1) is 12.8. The second-order valence-electron chi connectivity index (χ2n) is 7.39. The van der Waals surface area contributed by atoms with Crippen LogP contribution in [0, 0.1) is 6.92 Å². The van der Waals surface area contributed by atoms with E-state index in [9.17, 15) is 10.0 Å². The molecule has 0 spiro atoms. The van der Waals surface area contributed by atoms with Gasteiger partial charge >= 0.3 is 5.97 Å². The summed E-state index contributed by atoms with van der Waals surface area (Å²) in [7, 11) is 0. The SMILES string of the molecule is Cc1cc(C(=O)O)ccc1/C=C/C(=N/O)c1ccc2c(c1)C(C)(C)CCS2. The molecule has 0 unspecified atom stereocenters. The Morgan fingerprint density at radius 3 is 2.59 bits per heavy atom. The summed E-state index contributed by atoms with van der Waals surface area (Å²) in [6.07, 6.45) is 4.72. The summed E-state index contributed by atoms with van der Waals surface area (Å²) in [5.41, 5.74) is 4.72. The molecule has 1 heterocycles. The van der Waals surface area contributed by atoms with Gasteiger partial charge in [-0.2, -0.15) is 0 Å². The monoisotopic (exact) mass is 381 g/mol. The van der Waals surface area contributed by atoms with Crippen LogP contribution in [0.15, 0.2) is 52.5 Å². The molecular formula is C22H23NO3S. The summed E-state index contributed by atoms with van der Waals surface area (Å²) in [6.45, 7) is 6.35. The maximum absolute atomic E-state index is 11.1. The minimum atomic E-state index is -0.944. The van der Waals surface area contributed by atoms with Crippen molar-refractivity contribution in [3.8, 4) is 0 Å². The fraction of sp³-hybridized carbons (Fsp3) is 0.273. The van der Waals surface area contributed by atoms with Crippen LogP contribution in [0.4, 0.5) is 0 Å². The van der Waals surface area contributed by atoms with E-state index in [1.807, 2.05) is 30.8 Å². The molecule has 0 atom stereocenters. The van der Waals surface area contributed by atoms with Crippen molar-refractivity contribution in [2.75, 3.05) is 5.75 Å². The van der Waals surface area contributed by atoms with Gasteiger partial charge in [-0.05, 0) is 71.5 Å². The van der Waals surface area contributed by atoms with Crippen molar-refractivity contribution in [2.45, 2.75) is 37.5 Å². The number of oxime groups is 1. The van der Waals surface area contributed by atoms with Gasteiger partial charge < -0.3 is 10.3 Å². The molecule has 0 saturated heterocycles. The highest BCUT2D eigenvalue weighted by Gasteiger charge is 2.28. The van der Waals surface area contributed by atoms with E-state index in [0.29, 0.717) is 5.71 Å². The summed E-state index contributed by atoms with van der Waals surface area (Å²) in [6, 6.07) is 11.2. The first-order valence-corrected chi connectivity index (χ1v) is 9.82. The van der Waals surface area contributed by atoms with E-state index in [0.717, 1.165) is 28.9 Å². The number of benzene rings is 2. The highest BCUT2D eigenvalue weighted by Crippen LogP contribution is 2.41. The number of carboxylic acid groups (broad SMARTS) is 1. The van der Waals surface area contributed by atoms with Crippen LogP contribution in [0.5, 0.6) is 0 Å². The lowest BCUT2D eigenvalue weighted by Crippen LogP contribution is -2.23. The fourth-order valence-corrected chi connectivity index (χ4v) is 4.73. The molecule has 0 saturated carbocycles. The lowest BCUT2D eigenvalue weighted by molar-refractivity contribution is 0.0697. The second-order valence-corrected chi connectivity index (χ2v) is 8.53. The van der Waals surface area contributed by atoms with Crippen LogP contribution in [0.25, 0.3) is 6.08 Å². The van der Waals surface area contributed by atoms with Crippen molar-refractivity contribution in [3.05, 3.63) is 70.3 Å². The molecule has 4 nitrogen and oxygen atoms in total. The minimum Gasteiger partial charge on any atom is -0.478 e. The third kappa shape index (κ3) is 4.08. The van der Waals surface area contributed by atoms with Gasteiger partial charge in [0.2, 0.25) is 0 Å². The van der Waals surface area contributed by atoms with Crippen LogP contribution >= 0.6 is 11.8 Å². The van der Waals surface area contributed by atoms with Crippen LogP contribution in [0.1, 0.15) is 52.9 Å². The fourth-order valence-electron chi connectivity index (χ4n) is 3.25. The summed E-state index contributed by atoms with van der Waals surface area (Å²) >= 11 is 1.87. The number of fused-ring (bicyclic) bond motifs is 1. The van der Waals surface area contributed by atoms with Gasteiger partial charge in [-0.15, -0.1) is 11.8 Å². The number of allylic oxidation sites excluding steroid dienone is 1. The van der Waals surface area contributed by atoms with E-state index in [-0.39, 0.29) is 11.0 Å². The first kappa shape index (κ1) is 19.2. The molecule has 1 aliphatic heterocycles. The Bertz CT molecular complexity index is 945. The predicted molar refractivity (Wildman–Crippen MR) is 110 cm³/mol. The van der Waals surface area contributed by atoms with Gasteiger partial charge in [-0.25, -0.2) is 4.79 Å². The Labute approximate surface area is 163 Å². The van der Waals surface area contributed by atoms with E-state index in [1.54, 1.807) is 24.3 Å². The molecular weight excluding hydrogens is 358 g/mol. The molecule has 0 amide bonds. The lowest BCUT2D eigenvalue weighted by atomic mass is 9.81. The molecule has 2 N–H and O–H groups in total. The zero-order valence-corrected chi connectivity index (χ0v) is 16.5. The summed E-state index contributed by atoms with van der Waals surface area (Å²) in [5.74, 6) is 0.173. The molecule has 3 rings (SSSR count). The zero-order valence-electron chi connectivity index (χ0n) is 15.7. The number of carboxylic acids is 1. The molecule has 140 valence electrons. The van der Waals surface area contributed by atoms with E-state index >= 15 is 0 Å². The molecule has 27 heavy (non-hydrogen) atoms. The van der Waals surface area contributed by atoms with E-state index < -0.39 is 5.97 Å². The van der Waals surface area contributed by atoms with Gasteiger partial charge in [-0.1, -0.05) is 37.2 Å².